The van der Waals surface area contributed by atoms with Crippen molar-refractivity contribution in [1.29, 1.82) is 0 Å². The molecule has 1 aliphatic carbocycles. The van der Waals surface area contributed by atoms with E-state index in [1.54, 1.807) is 5.56 Å². The Balaban J connectivity index is 2.30. The summed E-state index contributed by atoms with van der Waals surface area (Å²) in [5, 5.41) is 3.74. The van der Waals surface area contributed by atoms with Crippen LogP contribution in [0.25, 0.3) is 0 Å². The van der Waals surface area contributed by atoms with E-state index in [0.29, 0.717) is 12.0 Å². The van der Waals surface area contributed by atoms with Gasteiger partial charge >= 0.3 is 0 Å². The highest BCUT2D eigenvalue weighted by Gasteiger charge is 2.30. The van der Waals surface area contributed by atoms with Crippen LogP contribution in [0.5, 0.6) is 0 Å². The van der Waals surface area contributed by atoms with Crippen LogP contribution in [0.15, 0.2) is 24.3 Å². The predicted molar refractivity (Wildman–Crippen MR) is 89.7 cm³/mol. The summed E-state index contributed by atoms with van der Waals surface area (Å²) in [6.07, 6.45) is 5.44. The third-order valence-corrected chi connectivity index (χ3v) is 4.75. The van der Waals surface area contributed by atoms with Crippen molar-refractivity contribution in [2.24, 2.45) is 5.92 Å². The van der Waals surface area contributed by atoms with Crippen molar-refractivity contribution in [2.75, 3.05) is 13.7 Å². The Hall–Kier alpha value is -0.860. The summed E-state index contributed by atoms with van der Waals surface area (Å²) in [6, 6.07) is 9.28. The highest BCUT2D eigenvalue weighted by Crippen LogP contribution is 2.40. The van der Waals surface area contributed by atoms with Gasteiger partial charge in [0.15, 0.2) is 0 Å². The van der Waals surface area contributed by atoms with Gasteiger partial charge in [0, 0.05) is 7.11 Å². The van der Waals surface area contributed by atoms with Crippen LogP contribution < -0.4 is 5.32 Å². The third-order valence-electron chi connectivity index (χ3n) is 4.75. The fraction of sp³-hybridized carbons (Fsp3) is 0.684. The number of ether oxygens (including phenoxy) is 1. The number of hydrogen-bond acceptors (Lipinski definition) is 2. The van der Waals surface area contributed by atoms with Crippen molar-refractivity contribution >= 4 is 0 Å². The first-order valence-electron chi connectivity index (χ1n) is 8.54. The standard InChI is InChI=1S/C19H31NO/c1-5-13-20-18(19(21-4)14(2)3)17-12-7-6-11-16(17)15-9-8-10-15/h6-7,11-12,14-15,18-20H,5,8-10,13H2,1-4H3. The number of benzene rings is 1. The van der Waals surface area contributed by atoms with Crippen LogP contribution in [0.2, 0.25) is 0 Å². The minimum absolute atomic E-state index is 0.220. The maximum atomic E-state index is 5.85. The molecule has 0 radical (unpaired) electrons. The lowest BCUT2D eigenvalue weighted by molar-refractivity contribution is 0.0322. The molecular weight excluding hydrogens is 258 g/mol. The zero-order valence-corrected chi connectivity index (χ0v) is 14.1. The van der Waals surface area contributed by atoms with Crippen molar-refractivity contribution in [3.63, 3.8) is 0 Å². The Kier molecular flexibility index (Phi) is 6.25. The Morgan fingerprint density at radius 1 is 1.24 bits per heavy atom. The molecule has 21 heavy (non-hydrogen) atoms. The highest BCUT2D eigenvalue weighted by molar-refractivity contribution is 5.35. The molecule has 0 bridgehead atoms. The molecule has 0 saturated heterocycles. The van der Waals surface area contributed by atoms with Crippen molar-refractivity contribution in [3.05, 3.63) is 35.4 Å². The topological polar surface area (TPSA) is 21.3 Å². The van der Waals surface area contributed by atoms with Crippen LogP contribution in [0.4, 0.5) is 0 Å². The van der Waals surface area contributed by atoms with E-state index in [4.69, 9.17) is 4.74 Å². The molecule has 118 valence electrons. The van der Waals surface area contributed by atoms with Gasteiger partial charge in [-0.3, -0.25) is 0 Å². The number of nitrogens with one attached hydrogen (secondary N) is 1. The van der Waals surface area contributed by atoms with Gasteiger partial charge in [0.25, 0.3) is 0 Å². The first kappa shape index (κ1) is 16.5. The van der Waals surface area contributed by atoms with Crippen LogP contribution in [0.3, 0.4) is 0 Å². The summed E-state index contributed by atoms with van der Waals surface area (Å²) in [6.45, 7) is 7.76. The molecule has 1 saturated carbocycles. The predicted octanol–water partition coefficient (Wildman–Crippen LogP) is 4.67. The normalized spacial score (nSPS) is 18.5. The molecule has 2 unspecified atom stereocenters. The van der Waals surface area contributed by atoms with Gasteiger partial charge < -0.3 is 10.1 Å². The van der Waals surface area contributed by atoms with E-state index >= 15 is 0 Å². The molecule has 1 aliphatic rings. The first-order chi connectivity index (χ1) is 10.2. The van der Waals surface area contributed by atoms with Gasteiger partial charge in [0.05, 0.1) is 12.1 Å². The van der Waals surface area contributed by atoms with Crippen LogP contribution in [-0.4, -0.2) is 19.8 Å². The summed E-state index contributed by atoms with van der Waals surface area (Å²) in [7, 11) is 1.84. The second-order valence-electron chi connectivity index (χ2n) is 6.63. The van der Waals surface area contributed by atoms with Crippen LogP contribution in [0, 0.1) is 5.92 Å². The smallest absolute Gasteiger partial charge is 0.0788 e. The SMILES string of the molecule is CCCNC(c1ccccc1C1CCC1)C(OC)C(C)C. The average molecular weight is 289 g/mol. The summed E-state index contributed by atoms with van der Waals surface area (Å²) < 4.78 is 5.85. The summed E-state index contributed by atoms with van der Waals surface area (Å²) in [5.74, 6) is 1.26. The molecule has 1 aromatic carbocycles. The Labute approximate surface area is 130 Å². The van der Waals surface area contributed by atoms with Crippen LogP contribution in [-0.2, 0) is 4.74 Å². The van der Waals surface area contributed by atoms with E-state index < -0.39 is 0 Å². The van der Waals surface area contributed by atoms with E-state index in [-0.39, 0.29) is 6.10 Å². The van der Waals surface area contributed by atoms with Gasteiger partial charge in [-0.25, -0.2) is 0 Å². The van der Waals surface area contributed by atoms with Gasteiger partial charge in [-0.1, -0.05) is 51.5 Å². The van der Waals surface area contributed by atoms with E-state index in [2.05, 4.69) is 50.4 Å². The number of rotatable bonds is 8. The van der Waals surface area contributed by atoms with E-state index in [0.717, 1.165) is 18.9 Å². The summed E-state index contributed by atoms with van der Waals surface area (Å²) in [5.41, 5.74) is 3.00. The maximum Gasteiger partial charge on any atom is 0.0788 e. The van der Waals surface area contributed by atoms with Crippen LogP contribution >= 0.6 is 0 Å². The van der Waals surface area contributed by atoms with Crippen LogP contribution in [0.1, 0.15) is 69.5 Å². The van der Waals surface area contributed by atoms with Gasteiger partial charge in [-0.2, -0.15) is 0 Å². The Bertz CT molecular complexity index is 425. The zero-order chi connectivity index (χ0) is 15.2. The average Bonchev–Trinajstić information content (AvgIpc) is 2.42. The Morgan fingerprint density at radius 2 is 1.95 bits per heavy atom. The number of hydrogen-bond donors (Lipinski definition) is 1. The molecule has 0 amide bonds. The fourth-order valence-corrected chi connectivity index (χ4v) is 3.38. The molecule has 0 aliphatic heterocycles. The third kappa shape index (κ3) is 3.87. The molecule has 1 fully saturated rings. The van der Waals surface area contributed by atoms with Crippen molar-refractivity contribution < 1.29 is 4.74 Å². The minimum atomic E-state index is 0.220. The van der Waals surface area contributed by atoms with E-state index in [1.807, 2.05) is 7.11 Å². The molecular formula is C19H31NO. The van der Waals surface area contributed by atoms with Gasteiger partial charge in [-0.05, 0) is 48.8 Å². The molecule has 2 heteroatoms. The molecule has 0 heterocycles. The molecule has 2 nitrogen and oxygen atoms in total. The van der Waals surface area contributed by atoms with Crippen molar-refractivity contribution in [2.45, 2.75) is 64.5 Å². The Morgan fingerprint density at radius 3 is 2.48 bits per heavy atom. The van der Waals surface area contributed by atoms with Gasteiger partial charge in [0.1, 0.15) is 0 Å². The zero-order valence-electron chi connectivity index (χ0n) is 14.1. The second kappa shape index (κ2) is 7.95. The molecule has 1 aromatic rings. The minimum Gasteiger partial charge on any atom is -0.379 e. The quantitative estimate of drug-likeness (QED) is 0.751. The lowest BCUT2D eigenvalue weighted by Crippen LogP contribution is -2.38. The molecule has 2 atom stereocenters. The number of methoxy groups -OCH3 is 1. The fourth-order valence-electron chi connectivity index (χ4n) is 3.38. The van der Waals surface area contributed by atoms with E-state index in [9.17, 15) is 0 Å². The van der Waals surface area contributed by atoms with E-state index in [1.165, 1.54) is 24.8 Å². The molecule has 0 aromatic heterocycles. The second-order valence-corrected chi connectivity index (χ2v) is 6.63. The largest absolute Gasteiger partial charge is 0.379 e. The first-order valence-corrected chi connectivity index (χ1v) is 8.54. The molecule has 0 spiro atoms. The monoisotopic (exact) mass is 289 g/mol. The summed E-state index contributed by atoms with van der Waals surface area (Å²) in [4.78, 5) is 0. The highest BCUT2D eigenvalue weighted by atomic mass is 16.5. The lowest BCUT2D eigenvalue weighted by Gasteiger charge is -2.35. The molecule has 2 rings (SSSR count). The van der Waals surface area contributed by atoms with Gasteiger partial charge in [-0.15, -0.1) is 0 Å². The van der Waals surface area contributed by atoms with Crippen molar-refractivity contribution in [1.82, 2.24) is 5.32 Å². The maximum absolute atomic E-state index is 5.85. The van der Waals surface area contributed by atoms with Gasteiger partial charge in [0.2, 0.25) is 0 Å². The van der Waals surface area contributed by atoms with Crippen molar-refractivity contribution in [3.8, 4) is 0 Å². The lowest BCUT2D eigenvalue weighted by atomic mass is 9.76. The molecule has 1 N–H and O–H groups in total. The summed E-state index contributed by atoms with van der Waals surface area (Å²) >= 11 is 0.